The van der Waals surface area contributed by atoms with E-state index in [2.05, 4.69) is 10.0 Å². The van der Waals surface area contributed by atoms with E-state index in [0.717, 1.165) is 37.2 Å². The van der Waals surface area contributed by atoms with Crippen molar-refractivity contribution in [1.29, 1.82) is 0 Å². The fraction of sp³-hybridized carbons (Fsp3) is 0.500. The van der Waals surface area contributed by atoms with Crippen LogP contribution in [0.15, 0.2) is 29.4 Å². The van der Waals surface area contributed by atoms with Crippen molar-refractivity contribution in [3.63, 3.8) is 0 Å². The second-order valence-corrected chi connectivity index (χ2v) is 6.44. The van der Waals surface area contributed by atoms with Crippen molar-refractivity contribution in [3.05, 3.63) is 39.9 Å². The van der Waals surface area contributed by atoms with Gasteiger partial charge in [-0.25, -0.2) is 5.01 Å². The molecular formula is C16H18N4O3. The number of nitro benzene ring substituents is 1. The van der Waals surface area contributed by atoms with Crippen LogP contribution < -0.4 is 0 Å². The van der Waals surface area contributed by atoms with Crippen molar-refractivity contribution >= 4 is 17.3 Å². The van der Waals surface area contributed by atoms with E-state index in [0.29, 0.717) is 5.92 Å². The van der Waals surface area contributed by atoms with Crippen molar-refractivity contribution in [3.8, 4) is 0 Å². The predicted molar refractivity (Wildman–Crippen MR) is 83.9 cm³/mol. The van der Waals surface area contributed by atoms with Crippen LogP contribution in [0.4, 0.5) is 5.69 Å². The minimum absolute atomic E-state index is 0.0513. The van der Waals surface area contributed by atoms with Gasteiger partial charge in [0, 0.05) is 25.0 Å². The van der Waals surface area contributed by atoms with Gasteiger partial charge in [-0.1, -0.05) is 12.1 Å². The molecule has 120 valence electrons. The first-order valence-corrected chi connectivity index (χ1v) is 7.93. The molecule has 1 amide bonds. The molecular weight excluding hydrogens is 296 g/mol. The minimum atomic E-state index is -0.397. The van der Waals surface area contributed by atoms with Crippen LogP contribution in [0.3, 0.4) is 0 Å². The normalized spacial score (nSPS) is 31.7. The van der Waals surface area contributed by atoms with Gasteiger partial charge in [-0.2, -0.15) is 5.10 Å². The van der Waals surface area contributed by atoms with Gasteiger partial charge in [0.1, 0.15) is 6.04 Å². The van der Waals surface area contributed by atoms with Crippen LogP contribution in [0, 0.1) is 16.0 Å². The van der Waals surface area contributed by atoms with Crippen molar-refractivity contribution in [1.82, 2.24) is 9.91 Å². The van der Waals surface area contributed by atoms with Crippen LogP contribution in [-0.4, -0.2) is 45.6 Å². The highest BCUT2D eigenvalue weighted by Gasteiger charge is 2.50. The van der Waals surface area contributed by atoms with E-state index in [-0.39, 0.29) is 23.7 Å². The zero-order valence-electron chi connectivity index (χ0n) is 12.9. The molecule has 0 aromatic heterocycles. The molecule has 5 rings (SSSR count). The number of nitrogens with zero attached hydrogens (tertiary/aromatic N) is 4. The van der Waals surface area contributed by atoms with E-state index < -0.39 is 4.92 Å². The van der Waals surface area contributed by atoms with Crippen LogP contribution in [0.5, 0.6) is 0 Å². The smallest absolute Gasteiger partial charge is 0.269 e. The second kappa shape index (κ2) is 5.13. The zero-order valence-corrected chi connectivity index (χ0v) is 12.9. The number of benzene rings is 1. The fourth-order valence-corrected chi connectivity index (χ4v) is 4.14. The molecule has 3 saturated heterocycles. The summed E-state index contributed by atoms with van der Waals surface area (Å²) in [4.78, 5) is 25.1. The lowest BCUT2D eigenvalue weighted by atomic mass is 9.78. The van der Waals surface area contributed by atoms with Gasteiger partial charge in [0.25, 0.3) is 5.69 Å². The molecule has 2 atom stereocenters. The minimum Gasteiger partial charge on any atom is -0.293 e. The van der Waals surface area contributed by atoms with Crippen LogP contribution >= 0.6 is 0 Å². The molecule has 4 aliphatic rings. The highest BCUT2D eigenvalue weighted by molar-refractivity contribution is 5.97. The molecule has 7 heteroatoms. The van der Waals surface area contributed by atoms with Crippen LogP contribution in [0.25, 0.3) is 0 Å². The van der Waals surface area contributed by atoms with Gasteiger partial charge >= 0.3 is 0 Å². The Morgan fingerprint density at radius 2 is 2.04 bits per heavy atom. The molecule has 1 aromatic carbocycles. The topological polar surface area (TPSA) is 79.0 Å². The number of hydrazone groups is 1. The maximum Gasteiger partial charge on any atom is 0.269 e. The number of amides is 1. The molecule has 0 aliphatic carbocycles. The third-order valence-corrected chi connectivity index (χ3v) is 5.18. The number of carbonyl (C=O) groups is 1. The van der Waals surface area contributed by atoms with Gasteiger partial charge in [0.2, 0.25) is 5.91 Å². The molecule has 23 heavy (non-hydrogen) atoms. The third-order valence-electron chi connectivity index (χ3n) is 5.18. The Morgan fingerprint density at radius 1 is 1.30 bits per heavy atom. The van der Waals surface area contributed by atoms with E-state index in [4.69, 9.17) is 0 Å². The molecule has 0 N–H and O–H groups in total. The number of non-ortho nitro benzene ring substituents is 1. The molecule has 2 bridgehead atoms. The van der Waals surface area contributed by atoms with E-state index in [1.165, 1.54) is 18.0 Å². The number of rotatable bonds is 2. The summed E-state index contributed by atoms with van der Waals surface area (Å²) in [7, 11) is 0. The summed E-state index contributed by atoms with van der Waals surface area (Å²) in [6.07, 6.45) is 2.17. The SMILES string of the molecule is CC(=O)N1N=C2C3CCN(CC3)[C@H]2[C@H]1c1cccc([N+](=O)[O-])c1. The van der Waals surface area contributed by atoms with Crippen LogP contribution in [0.2, 0.25) is 0 Å². The number of fused-ring (bicyclic) bond motifs is 2. The first-order chi connectivity index (χ1) is 11.1. The van der Waals surface area contributed by atoms with E-state index in [1.807, 2.05) is 6.07 Å². The molecule has 4 aliphatic heterocycles. The highest BCUT2D eigenvalue weighted by atomic mass is 16.6. The Hall–Kier alpha value is -2.28. The standard InChI is InChI=1S/C16H18N4O3/c1-10(21)19-15(12-3-2-4-13(9-12)20(22)23)16-14(17-19)11-5-7-18(16)8-6-11/h2-4,9,11,15-16H,5-8H2,1H3/t15-,16-/m1/s1. The number of piperidine rings is 3. The summed E-state index contributed by atoms with van der Waals surface area (Å²) in [5, 5.41) is 17.2. The summed E-state index contributed by atoms with van der Waals surface area (Å²) < 4.78 is 0. The number of nitro groups is 1. The summed E-state index contributed by atoms with van der Waals surface area (Å²) in [5.41, 5.74) is 1.91. The lowest BCUT2D eigenvalue weighted by molar-refractivity contribution is -0.385. The molecule has 3 fully saturated rings. The van der Waals surface area contributed by atoms with Crippen LogP contribution in [-0.2, 0) is 4.79 Å². The summed E-state index contributed by atoms with van der Waals surface area (Å²) in [5.74, 6) is 0.319. The van der Waals surface area contributed by atoms with Gasteiger partial charge in [0.15, 0.2) is 0 Å². The fourth-order valence-electron chi connectivity index (χ4n) is 4.14. The first-order valence-electron chi connectivity index (χ1n) is 7.93. The van der Waals surface area contributed by atoms with E-state index in [9.17, 15) is 14.9 Å². The molecule has 4 heterocycles. The van der Waals surface area contributed by atoms with Crippen molar-refractivity contribution in [2.24, 2.45) is 11.0 Å². The highest BCUT2D eigenvalue weighted by Crippen LogP contribution is 2.43. The molecule has 7 nitrogen and oxygen atoms in total. The van der Waals surface area contributed by atoms with Gasteiger partial charge in [0.05, 0.1) is 16.7 Å². The summed E-state index contributed by atoms with van der Waals surface area (Å²) in [6.45, 7) is 3.51. The monoisotopic (exact) mass is 314 g/mol. The van der Waals surface area contributed by atoms with E-state index >= 15 is 0 Å². The number of hydrogen-bond acceptors (Lipinski definition) is 5. The van der Waals surface area contributed by atoms with Crippen molar-refractivity contribution in [2.45, 2.75) is 31.8 Å². The second-order valence-electron chi connectivity index (χ2n) is 6.44. The van der Waals surface area contributed by atoms with E-state index in [1.54, 1.807) is 12.1 Å². The average Bonchev–Trinajstić information content (AvgIpc) is 2.99. The van der Waals surface area contributed by atoms with Gasteiger partial charge in [-0.05, 0) is 31.5 Å². The van der Waals surface area contributed by atoms with Gasteiger partial charge in [-0.3, -0.25) is 19.8 Å². The predicted octanol–water partition coefficient (Wildman–Crippen LogP) is 1.95. The van der Waals surface area contributed by atoms with Gasteiger partial charge in [-0.15, -0.1) is 0 Å². The number of carbonyl (C=O) groups excluding carboxylic acids is 1. The third kappa shape index (κ3) is 2.15. The van der Waals surface area contributed by atoms with Crippen molar-refractivity contribution < 1.29 is 9.72 Å². The molecule has 0 saturated carbocycles. The Bertz CT molecular complexity index is 709. The Labute approximate surface area is 133 Å². The summed E-state index contributed by atoms with van der Waals surface area (Å²) >= 11 is 0. The quantitative estimate of drug-likeness (QED) is 0.617. The maximum atomic E-state index is 12.1. The van der Waals surface area contributed by atoms with Gasteiger partial charge < -0.3 is 0 Å². The largest absolute Gasteiger partial charge is 0.293 e. The first kappa shape index (κ1) is 14.3. The lowest BCUT2D eigenvalue weighted by Gasteiger charge is -2.45. The zero-order chi connectivity index (χ0) is 16.1. The average molecular weight is 314 g/mol. The Kier molecular flexibility index (Phi) is 3.19. The molecule has 0 spiro atoms. The Morgan fingerprint density at radius 3 is 2.70 bits per heavy atom. The summed E-state index contributed by atoms with van der Waals surface area (Å²) in [6, 6.07) is 6.39. The van der Waals surface area contributed by atoms with Crippen molar-refractivity contribution in [2.75, 3.05) is 13.1 Å². The van der Waals surface area contributed by atoms with Crippen LogP contribution in [0.1, 0.15) is 31.4 Å². The number of hydrogen-bond donors (Lipinski definition) is 0. The maximum absolute atomic E-state index is 12.1. The lowest BCUT2D eigenvalue weighted by Crippen LogP contribution is -2.56. The Balaban J connectivity index is 1.78. The molecule has 0 radical (unpaired) electrons. The molecule has 1 aromatic rings. The molecule has 0 unspecified atom stereocenters.